The first-order valence-electron chi connectivity index (χ1n) is 7.67. The number of hydrogen-bond acceptors (Lipinski definition) is 4. The summed E-state index contributed by atoms with van der Waals surface area (Å²) >= 11 is 0. The molecule has 1 unspecified atom stereocenters. The fourth-order valence-electron chi connectivity index (χ4n) is 2.52. The summed E-state index contributed by atoms with van der Waals surface area (Å²) in [5.74, 6) is 0.0215. The summed E-state index contributed by atoms with van der Waals surface area (Å²) in [4.78, 5) is 14.3. The van der Waals surface area contributed by atoms with Gasteiger partial charge in [0, 0.05) is 19.5 Å². The summed E-state index contributed by atoms with van der Waals surface area (Å²) in [5, 5.41) is 2.86. The standard InChI is InChI=1S/C16H25N3O2/c1-2-13-12-19(10-11-21-13)9-5-8-16(20)18-15-7-4-3-6-14(15)17/h3-4,6-7,13H,2,5,8-12,17H2,1H3,(H,18,20). The van der Waals surface area contributed by atoms with E-state index in [1.165, 1.54) is 0 Å². The summed E-state index contributed by atoms with van der Waals surface area (Å²) in [6.07, 6.45) is 2.76. The number of anilines is 2. The SMILES string of the molecule is CCC1CN(CCCC(=O)Nc2ccccc2N)CCO1. The van der Waals surface area contributed by atoms with Crippen LogP contribution in [0.4, 0.5) is 11.4 Å². The second kappa shape index (κ2) is 8.00. The highest BCUT2D eigenvalue weighted by Crippen LogP contribution is 2.17. The number of para-hydroxylation sites is 2. The Hall–Kier alpha value is -1.59. The number of nitrogens with zero attached hydrogens (tertiary/aromatic N) is 1. The number of carbonyl (C=O) groups is 1. The maximum atomic E-state index is 11.9. The lowest BCUT2D eigenvalue weighted by atomic mass is 10.2. The van der Waals surface area contributed by atoms with Gasteiger partial charge in [0.25, 0.3) is 0 Å². The van der Waals surface area contributed by atoms with Crippen molar-refractivity contribution in [2.75, 3.05) is 37.3 Å². The van der Waals surface area contributed by atoms with Crippen LogP contribution in [-0.2, 0) is 9.53 Å². The van der Waals surface area contributed by atoms with Gasteiger partial charge in [-0.1, -0.05) is 19.1 Å². The first-order chi connectivity index (χ1) is 10.2. The highest BCUT2D eigenvalue weighted by atomic mass is 16.5. The van der Waals surface area contributed by atoms with Crippen LogP contribution in [0.1, 0.15) is 26.2 Å². The third kappa shape index (κ3) is 5.02. The Morgan fingerprint density at radius 2 is 2.29 bits per heavy atom. The lowest BCUT2D eigenvalue weighted by Gasteiger charge is -2.32. The largest absolute Gasteiger partial charge is 0.397 e. The van der Waals surface area contributed by atoms with E-state index in [1.807, 2.05) is 18.2 Å². The predicted molar refractivity (Wildman–Crippen MR) is 85.2 cm³/mol. The lowest BCUT2D eigenvalue weighted by Crippen LogP contribution is -2.42. The number of nitrogens with two attached hydrogens (primary N) is 1. The molecule has 21 heavy (non-hydrogen) atoms. The maximum absolute atomic E-state index is 11.9. The summed E-state index contributed by atoms with van der Waals surface area (Å²) in [6.45, 7) is 5.82. The average molecular weight is 291 g/mol. The van der Waals surface area contributed by atoms with E-state index in [4.69, 9.17) is 10.5 Å². The Morgan fingerprint density at radius 3 is 3.05 bits per heavy atom. The highest BCUT2D eigenvalue weighted by Gasteiger charge is 2.18. The minimum Gasteiger partial charge on any atom is -0.397 e. The zero-order valence-corrected chi connectivity index (χ0v) is 12.7. The molecule has 1 fully saturated rings. The lowest BCUT2D eigenvalue weighted by molar-refractivity contribution is -0.116. The number of carbonyl (C=O) groups excluding carboxylic acids is 1. The van der Waals surface area contributed by atoms with Gasteiger partial charge >= 0.3 is 0 Å². The molecule has 2 rings (SSSR count). The molecule has 1 amide bonds. The molecule has 0 aromatic heterocycles. The van der Waals surface area contributed by atoms with E-state index in [-0.39, 0.29) is 5.91 Å². The van der Waals surface area contributed by atoms with E-state index in [2.05, 4.69) is 17.1 Å². The van der Waals surface area contributed by atoms with Gasteiger partial charge < -0.3 is 15.8 Å². The molecular formula is C16H25N3O2. The van der Waals surface area contributed by atoms with Gasteiger partial charge in [-0.25, -0.2) is 0 Å². The fourth-order valence-corrected chi connectivity index (χ4v) is 2.52. The molecule has 1 heterocycles. The Kier molecular flexibility index (Phi) is 6.02. The summed E-state index contributed by atoms with van der Waals surface area (Å²) in [6, 6.07) is 7.33. The molecule has 1 atom stereocenters. The van der Waals surface area contributed by atoms with Crippen molar-refractivity contribution in [1.82, 2.24) is 4.90 Å². The Labute approximate surface area is 126 Å². The number of hydrogen-bond donors (Lipinski definition) is 2. The van der Waals surface area contributed by atoms with Crippen molar-refractivity contribution < 1.29 is 9.53 Å². The van der Waals surface area contributed by atoms with Crippen LogP contribution >= 0.6 is 0 Å². The number of ether oxygens (including phenoxy) is 1. The third-order valence-electron chi connectivity index (χ3n) is 3.79. The molecule has 1 aromatic rings. The minimum atomic E-state index is 0.0215. The molecule has 116 valence electrons. The van der Waals surface area contributed by atoms with Crippen molar-refractivity contribution in [1.29, 1.82) is 0 Å². The molecule has 1 aliphatic heterocycles. The van der Waals surface area contributed by atoms with Crippen molar-refractivity contribution in [3.05, 3.63) is 24.3 Å². The van der Waals surface area contributed by atoms with E-state index in [0.717, 1.165) is 39.1 Å². The first-order valence-corrected chi connectivity index (χ1v) is 7.67. The van der Waals surface area contributed by atoms with Gasteiger partial charge in [0.05, 0.1) is 24.1 Å². The third-order valence-corrected chi connectivity index (χ3v) is 3.79. The van der Waals surface area contributed by atoms with Crippen LogP contribution in [0.15, 0.2) is 24.3 Å². The Balaban J connectivity index is 1.69. The number of rotatable bonds is 6. The van der Waals surface area contributed by atoms with Gasteiger partial charge in [-0.15, -0.1) is 0 Å². The molecule has 3 N–H and O–H groups in total. The van der Waals surface area contributed by atoms with E-state index >= 15 is 0 Å². The summed E-state index contributed by atoms with van der Waals surface area (Å²) in [5.41, 5.74) is 7.10. The van der Waals surface area contributed by atoms with E-state index in [1.54, 1.807) is 6.07 Å². The van der Waals surface area contributed by atoms with Crippen molar-refractivity contribution in [2.24, 2.45) is 0 Å². The van der Waals surface area contributed by atoms with E-state index in [0.29, 0.717) is 23.9 Å². The highest BCUT2D eigenvalue weighted by molar-refractivity contribution is 5.93. The van der Waals surface area contributed by atoms with Crippen molar-refractivity contribution in [3.8, 4) is 0 Å². The monoisotopic (exact) mass is 291 g/mol. The maximum Gasteiger partial charge on any atom is 0.224 e. The molecule has 1 aromatic carbocycles. The van der Waals surface area contributed by atoms with E-state index in [9.17, 15) is 4.79 Å². The van der Waals surface area contributed by atoms with Crippen LogP contribution in [0.5, 0.6) is 0 Å². The van der Waals surface area contributed by atoms with Crippen LogP contribution in [0.2, 0.25) is 0 Å². The molecule has 5 heteroatoms. The molecule has 1 aliphatic rings. The van der Waals surface area contributed by atoms with Crippen LogP contribution < -0.4 is 11.1 Å². The zero-order chi connectivity index (χ0) is 15.1. The van der Waals surface area contributed by atoms with Crippen molar-refractivity contribution in [2.45, 2.75) is 32.3 Å². The van der Waals surface area contributed by atoms with Crippen LogP contribution in [-0.4, -0.2) is 43.2 Å². The van der Waals surface area contributed by atoms with Crippen molar-refractivity contribution in [3.63, 3.8) is 0 Å². The van der Waals surface area contributed by atoms with Gasteiger partial charge in [-0.3, -0.25) is 9.69 Å². The second-order valence-electron chi connectivity index (χ2n) is 5.44. The molecule has 0 aliphatic carbocycles. The molecule has 5 nitrogen and oxygen atoms in total. The molecule has 0 radical (unpaired) electrons. The molecule has 0 saturated carbocycles. The van der Waals surface area contributed by atoms with Gasteiger partial charge in [-0.05, 0) is 31.5 Å². The van der Waals surface area contributed by atoms with E-state index < -0.39 is 0 Å². The fraction of sp³-hybridized carbons (Fsp3) is 0.562. The number of benzene rings is 1. The summed E-state index contributed by atoms with van der Waals surface area (Å²) in [7, 11) is 0. The number of morpholine rings is 1. The predicted octanol–water partition coefficient (Wildman–Crippen LogP) is 2.10. The summed E-state index contributed by atoms with van der Waals surface area (Å²) < 4.78 is 5.64. The molecule has 0 spiro atoms. The average Bonchev–Trinajstić information content (AvgIpc) is 2.50. The van der Waals surface area contributed by atoms with Crippen LogP contribution in [0.3, 0.4) is 0 Å². The van der Waals surface area contributed by atoms with Crippen LogP contribution in [0, 0.1) is 0 Å². The smallest absolute Gasteiger partial charge is 0.224 e. The number of amides is 1. The topological polar surface area (TPSA) is 67.6 Å². The number of nitrogen functional groups attached to an aromatic ring is 1. The molecule has 0 bridgehead atoms. The van der Waals surface area contributed by atoms with Gasteiger partial charge in [0.1, 0.15) is 0 Å². The minimum absolute atomic E-state index is 0.0215. The van der Waals surface area contributed by atoms with Gasteiger partial charge in [0.15, 0.2) is 0 Å². The van der Waals surface area contributed by atoms with Crippen molar-refractivity contribution >= 4 is 17.3 Å². The molecular weight excluding hydrogens is 266 g/mol. The van der Waals surface area contributed by atoms with Gasteiger partial charge in [0.2, 0.25) is 5.91 Å². The quantitative estimate of drug-likeness (QED) is 0.788. The zero-order valence-electron chi connectivity index (χ0n) is 12.7. The Morgan fingerprint density at radius 1 is 1.48 bits per heavy atom. The number of nitrogens with one attached hydrogen (secondary N) is 1. The van der Waals surface area contributed by atoms with Gasteiger partial charge in [-0.2, -0.15) is 0 Å². The Bertz CT molecular complexity index is 465. The van der Waals surface area contributed by atoms with Crippen LogP contribution in [0.25, 0.3) is 0 Å². The normalized spacial score (nSPS) is 19.4. The second-order valence-corrected chi connectivity index (χ2v) is 5.44. The first kappa shape index (κ1) is 15.8. The molecule has 1 saturated heterocycles.